The van der Waals surface area contributed by atoms with Crippen LogP contribution >= 0.6 is 11.8 Å². The van der Waals surface area contributed by atoms with Gasteiger partial charge < -0.3 is 9.64 Å². The van der Waals surface area contributed by atoms with E-state index >= 15 is 0 Å². The third kappa shape index (κ3) is 3.31. The Morgan fingerprint density at radius 3 is 2.53 bits per heavy atom. The van der Waals surface area contributed by atoms with Crippen molar-refractivity contribution in [1.29, 1.82) is 0 Å². The van der Waals surface area contributed by atoms with E-state index in [1.165, 1.54) is 16.7 Å². The van der Waals surface area contributed by atoms with E-state index in [1.54, 1.807) is 31.0 Å². The Labute approximate surface area is 201 Å². The fourth-order valence-electron chi connectivity index (χ4n) is 4.93. The highest BCUT2D eigenvalue weighted by Crippen LogP contribution is 2.51. The zero-order valence-electron chi connectivity index (χ0n) is 18.5. The molecule has 0 unspecified atom stereocenters. The number of fused-ring (bicyclic) bond motifs is 3. The molecule has 34 heavy (non-hydrogen) atoms. The van der Waals surface area contributed by atoms with Gasteiger partial charge in [0.05, 0.1) is 29.5 Å². The van der Waals surface area contributed by atoms with Gasteiger partial charge in [0.25, 0.3) is 5.69 Å². The average Bonchev–Trinajstić information content (AvgIpc) is 3.31. The molecule has 1 aliphatic carbocycles. The van der Waals surface area contributed by atoms with Crippen LogP contribution in [0.25, 0.3) is 11.4 Å². The molecule has 168 valence electrons. The van der Waals surface area contributed by atoms with Crippen LogP contribution in [0.2, 0.25) is 0 Å². The molecule has 0 amide bonds. The van der Waals surface area contributed by atoms with Crippen LogP contribution in [-0.4, -0.2) is 22.1 Å². The number of nitro benzene ring substituents is 1. The van der Waals surface area contributed by atoms with Crippen molar-refractivity contribution in [1.82, 2.24) is 4.90 Å². The van der Waals surface area contributed by atoms with E-state index in [2.05, 4.69) is 46.7 Å². The van der Waals surface area contributed by atoms with Crippen LogP contribution in [0.3, 0.4) is 0 Å². The molecular weight excluding hydrogens is 446 g/mol. The Hall–Kier alpha value is -3.84. The second-order valence-corrected chi connectivity index (χ2v) is 9.23. The number of thioether (sulfide) groups is 1. The molecule has 6 rings (SSSR count). The number of nitro groups is 1. The molecule has 0 radical (unpaired) electrons. The number of hydrogen-bond donors (Lipinski definition) is 0. The minimum absolute atomic E-state index is 0.0156. The maximum absolute atomic E-state index is 11.1. The quantitative estimate of drug-likeness (QED) is 0.327. The van der Waals surface area contributed by atoms with E-state index in [1.807, 2.05) is 24.3 Å². The van der Waals surface area contributed by atoms with Crippen molar-refractivity contribution in [2.45, 2.75) is 18.9 Å². The third-order valence-electron chi connectivity index (χ3n) is 6.58. The first-order chi connectivity index (χ1) is 16.6. The number of ether oxygens (including phenoxy) is 1. The summed E-state index contributed by atoms with van der Waals surface area (Å²) in [6, 6.07) is 23.5. The molecule has 7 heteroatoms. The van der Waals surface area contributed by atoms with Crippen molar-refractivity contribution >= 4 is 34.0 Å². The summed E-state index contributed by atoms with van der Waals surface area (Å²) in [5.41, 5.74) is 8.09. The summed E-state index contributed by atoms with van der Waals surface area (Å²) >= 11 is 1.60. The lowest BCUT2D eigenvalue weighted by atomic mass is 9.82. The van der Waals surface area contributed by atoms with E-state index in [4.69, 9.17) is 9.73 Å². The molecule has 3 aromatic carbocycles. The van der Waals surface area contributed by atoms with Crippen LogP contribution in [0.5, 0.6) is 5.75 Å². The van der Waals surface area contributed by atoms with Crippen molar-refractivity contribution in [3.05, 3.63) is 116 Å². The first-order valence-electron chi connectivity index (χ1n) is 11.1. The number of aryl methyl sites for hydroxylation is 1. The van der Waals surface area contributed by atoms with Crippen LogP contribution in [0, 0.1) is 10.1 Å². The Morgan fingerprint density at radius 2 is 1.79 bits per heavy atom. The molecule has 0 saturated heterocycles. The highest BCUT2D eigenvalue weighted by molar-refractivity contribution is 8.16. The number of rotatable bonds is 4. The standard InChI is InChI=1S/C27H21N3O3S/c1-33-21-13-8-19(9-14-21)26-23-15-10-17-4-2-3-5-22(17)25(23)28-27-29(26)24(16-34-27)18-6-11-20(12-7-18)30(31)32/h2-9,11-14,16,26H,10,15H2,1H3/t26-/m0/s1. The fourth-order valence-corrected chi connectivity index (χ4v) is 5.86. The average molecular weight is 468 g/mol. The van der Waals surface area contributed by atoms with Gasteiger partial charge in [-0.1, -0.05) is 48.2 Å². The largest absolute Gasteiger partial charge is 0.497 e. The highest BCUT2D eigenvalue weighted by atomic mass is 32.2. The molecule has 2 aliphatic heterocycles. The highest BCUT2D eigenvalue weighted by Gasteiger charge is 2.40. The number of nitrogens with zero attached hydrogens (tertiary/aromatic N) is 3. The second-order valence-electron chi connectivity index (χ2n) is 8.40. The molecule has 0 saturated carbocycles. The zero-order valence-corrected chi connectivity index (χ0v) is 19.3. The Bertz CT molecular complexity index is 1390. The predicted molar refractivity (Wildman–Crippen MR) is 135 cm³/mol. The minimum atomic E-state index is -0.369. The Morgan fingerprint density at radius 1 is 1.03 bits per heavy atom. The molecule has 3 aromatic rings. The Kier molecular flexibility index (Phi) is 4.99. The molecule has 6 nitrogen and oxygen atoms in total. The fraction of sp³-hybridized carbons (Fsp3) is 0.148. The van der Waals surface area contributed by atoms with Crippen molar-refractivity contribution in [3.8, 4) is 5.75 Å². The van der Waals surface area contributed by atoms with Crippen molar-refractivity contribution in [3.63, 3.8) is 0 Å². The lowest BCUT2D eigenvalue weighted by molar-refractivity contribution is -0.384. The summed E-state index contributed by atoms with van der Waals surface area (Å²) in [5.74, 6) is 0.818. The molecule has 0 bridgehead atoms. The van der Waals surface area contributed by atoms with Crippen LogP contribution < -0.4 is 4.74 Å². The first kappa shape index (κ1) is 20.7. The van der Waals surface area contributed by atoms with E-state index in [0.29, 0.717) is 0 Å². The predicted octanol–water partition coefficient (Wildman–Crippen LogP) is 6.42. The number of amidine groups is 1. The summed E-state index contributed by atoms with van der Waals surface area (Å²) < 4.78 is 5.40. The SMILES string of the molecule is COc1ccc([C@H]2C3=C(N=C4SC=C(c5ccc([N+](=O)[O-])cc5)N42)c2ccccc2CC3)cc1. The molecule has 0 fully saturated rings. The number of hydrogen-bond acceptors (Lipinski definition) is 6. The van der Waals surface area contributed by atoms with Gasteiger partial charge in [-0.2, -0.15) is 0 Å². The first-order valence-corrected chi connectivity index (χ1v) is 12.0. The summed E-state index contributed by atoms with van der Waals surface area (Å²) in [5, 5.41) is 14.2. The van der Waals surface area contributed by atoms with E-state index in [0.717, 1.165) is 46.3 Å². The van der Waals surface area contributed by atoms with Gasteiger partial charge in [0.1, 0.15) is 5.75 Å². The number of aliphatic imine (C=N–C) groups is 1. The van der Waals surface area contributed by atoms with Crippen molar-refractivity contribution in [2.24, 2.45) is 4.99 Å². The van der Waals surface area contributed by atoms with Crippen molar-refractivity contribution in [2.75, 3.05) is 7.11 Å². The summed E-state index contributed by atoms with van der Waals surface area (Å²) in [6.45, 7) is 0. The minimum Gasteiger partial charge on any atom is -0.497 e. The van der Waals surface area contributed by atoms with Gasteiger partial charge in [-0.3, -0.25) is 10.1 Å². The Balaban J connectivity index is 1.49. The molecule has 3 aliphatic rings. The molecule has 2 heterocycles. The van der Waals surface area contributed by atoms with E-state index in [-0.39, 0.29) is 16.7 Å². The van der Waals surface area contributed by atoms with Crippen LogP contribution in [0.1, 0.15) is 34.7 Å². The maximum Gasteiger partial charge on any atom is 0.269 e. The lowest BCUT2D eigenvalue weighted by Crippen LogP contribution is -2.34. The van der Waals surface area contributed by atoms with Crippen molar-refractivity contribution < 1.29 is 9.66 Å². The summed E-state index contributed by atoms with van der Waals surface area (Å²) in [6.07, 6.45) is 1.90. The van der Waals surface area contributed by atoms with Gasteiger partial charge in [-0.15, -0.1) is 0 Å². The third-order valence-corrected chi connectivity index (χ3v) is 7.42. The van der Waals surface area contributed by atoms with Gasteiger partial charge in [0.2, 0.25) is 0 Å². The van der Waals surface area contributed by atoms with Gasteiger partial charge in [0.15, 0.2) is 5.17 Å². The molecular formula is C27H21N3O3S. The van der Waals surface area contributed by atoms with Gasteiger partial charge >= 0.3 is 0 Å². The lowest BCUT2D eigenvalue weighted by Gasteiger charge is -2.39. The van der Waals surface area contributed by atoms with Gasteiger partial charge in [-0.05, 0) is 59.4 Å². The zero-order chi connectivity index (χ0) is 23.2. The molecule has 1 atom stereocenters. The van der Waals surface area contributed by atoms with Gasteiger partial charge in [-0.25, -0.2) is 4.99 Å². The number of methoxy groups -OCH3 is 1. The van der Waals surface area contributed by atoms with E-state index < -0.39 is 0 Å². The van der Waals surface area contributed by atoms with E-state index in [9.17, 15) is 10.1 Å². The molecule has 0 spiro atoms. The van der Waals surface area contributed by atoms with Gasteiger partial charge in [0, 0.05) is 23.1 Å². The summed E-state index contributed by atoms with van der Waals surface area (Å²) in [4.78, 5) is 18.2. The normalized spacial score (nSPS) is 18.5. The van der Waals surface area contributed by atoms with Crippen LogP contribution in [0.4, 0.5) is 5.69 Å². The molecule has 0 N–H and O–H groups in total. The topological polar surface area (TPSA) is 68.0 Å². The smallest absolute Gasteiger partial charge is 0.269 e. The maximum atomic E-state index is 11.1. The van der Waals surface area contributed by atoms with Crippen LogP contribution in [-0.2, 0) is 6.42 Å². The monoisotopic (exact) mass is 467 g/mol. The second kappa shape index (κ2) is 8.18. The molecule has 0 aromatic heterocycles. The number of benzene rings is 3. The van der Waals surface area contributed by atoms with Crippen LogP contribution in [0.15, 0.2) is 88.8 Å². The number of non-ortho nitro benzene ring substituents is 1. The summed E-state index contributed by atoms with van der Waals surface area (Å²) in [7, 11) is 1.67.